The average molecular weight is 358 g/mol. The fourth-order valence-corrected chi connectivity index (χ4v) is 2.91. The Morgan fingerprint density at radius 2 is 1.58 bits per heavy atom. The van der Waals surface area contributed by atoms with Crippen molar-refractivity contribution in [3.8, 4) is 17.2 Å². The molecule has 3 N–H and O–H groups in total. The molecule has 0 aliphatic carbocycles. The normalized spacial score (nSPS) is 11.9. The highest BCUT2D eigenvalue weighted by Gasteiger charge is 2.12. The number of ether oxygens (including phenoxy) is 1. The highest BCUT2D eigenvalue weighted by Crippen LogP contribution is 2.26. The van der Waals surface area contributed by atoms with Crippen molar-refractivity contribution in [3.63, 3.8) is 0 Å². The summed E-state index contributed by atoms with van der Waals surface area (Å²) in [6.45, 7) is 1.42. The van der Waals surface area contributed by atoms with E-state index in [1.54, 1.807) is 24.3 Å². The summed E-state index contributed by atoms with van der Waals surface area (Å²) in [5.41, 5.74) is 2.06. The van der Waals surface area contributed by atoms with Gasteiger partial charge in [-0.3, -0.25) is 4.79 Å². The Bertz CT molecular complexity index is 709. The molecule has 0 radical (unpaired) electrons. The van der Waals surface area contributed by atoms with Crippen LogP contribution in [0.2, 0.25) is 0 Å². The van der Waals surface area contributed by atoms with Gasteiger partial charge in [-0.1, -0.05) is 18.2 Å². The van der Waals surface area contributed by atoms with Crippen molar-refractivity contribution in [1.29, 1.82) is 0 Å². The van der Waals surface area contributed by atoms with E-state index in [-0.39, 0.29) is 29.3 Å². The summed E-state index contributed by atoms with van der Waals surface area (Å²) >= 11 is 0. The van der Waals surface area contributed by atoms with E-state index in [2.05, 4.69) is 0 Å². The van der Waals surface area contributed by atoms with Gasteiger partial charge in [0.25, 0.3) is 0 Å². The first-order valence-corrected chi connectivity index (χ1v) is 8.90. The second kappa shape index (κ2) is 9.70. The maximum atomic E-state index is 11.3. The Labute approximate surface area is 153 Å². The Morgan fingerprint density at radius 3 is 2.23 bits per heavy atom. The van der Waals surface area contributed by atoms with Crippen LogP contribution in [-0.4, -0.2) is 27.4 Å². The zero-order valence-electron chi connectivity index (χ0n) is 15.0. The van der Waals surface area contributed by atoms with Crippen molar-refractivity contribution < 1.29 is 24.9 Å². The molecule has 2 aromatic carbocycles. The van der Waals surface area contributed by atoms with Crippen LogP contribution in [0.5, 0.6) is 17.2 Å². The summed E-state index contributed by atoms with van der Waals surface area (Å²) in [6, 6.07) is 11.9. The zero-order valence-corrected chi connectivity index (χ0v) is 15.0. The average Bonchev–Trinajstić information content (AvgIpc) is 2.60. The number of carbonyl (C=O) groups is 1. The SMILES string of the molecule is CC(=O)OC(CCCCc1ccc(O)c(O)c1)CCc1ccc(O)cc1. The summed E-state index contributed by atoms with van der Waals surface area (Å²) < 4.78 is 5.42. The van der Waals surface area contributed by atoms with Gasteiger partial charge in [-0.15, -0.1) is 0 Å². The first-order valence-electron chi connectivity index (χ1n) is 8.90. The van der Waals surface area contributed by atoms with Gasteiger partial charge in [0.05, 0.1) is 0 Å². The molecule has 5 heteroatoms. The van der Waals surface area contributed by atoms with Crippen LogP contribution in [0.1, 0.15) is 43.7 Å². The molecule has 0 heterocycles. The minimum absolute atomic E-state index is 0.103. The van der Waals surface area contributed by atoms with Crippen LogP contribution < -0.4 is 0 Å². The number of esters is 1. The van der Waals surface area contributed by atoms with E-state index in [9.17, 15) is 20.1 Å². The number of benzene rings is 2. The fourth-order valence-electron chi connectivity index (χ4n) is 2.91. The maximum absolute atomic E-state index is 11.3. The van der Waals surface area contributed by atoms with E-state index in [1.165, 1.54) is 13.0 Å². The molecular formula is C21H26O5. The van der Waals surface area contributed by atoms with E-state index >= 15 is 0 Å². The van der Waals surface area contributed by atoms with Gasteiger partial charge in [-0.2, -0.15) is 0 Å². The van der Waals surface area contributed by atoms with Gasteiger partial charge in [0.1, 0.15) is 11.9 Å². The quantitative estimate of drug-likeness (QED) is 0.357. The van der Waals surface area contributed by atoms with Gasteiger partial charge in [0.15, 0.2) is 11.5 Å². The molecule has 0 amide bonds. The lowest BCUT2D eigenvalue weighted by atomic mass is 10.0. The highest BCUT2D eigenvalue weighted by atomic mass is 16.5. The van der Waals surface area contributed by atoms with Crippen LogP contribution in [0.25, 0.3) is 0 Å². The maximum Gasteiger partial charge on any atom is 0.302 e. The number of carbonyl (C=O) groups excluding carboxylic acids is 1. The summed E-state index contributed by atoms with van der Waals surface area (Å²) in [4.78, 5) is 11.3. The summed E-state index contributed by atoms with van der Waals surface area (Å²) in [5, 5.41) is 28.2. The minimum atomic E-state index is -0.274. The Hall–Kier alpha value is -2.69. The number of aryl methyl sites for hydroxylation is 2. The third kappa shape index (κ3) is 6.67. The number of rotatable bonds is 9. The van der Waals surface area contributed by atoms with Crippen LogP contribution in [0.4, 0.5) is 0 Å². The van der Waals surface area contributed by atoms with Crippen molar-refractivity contribution in [3.05, 3.63) is 53.6 Å². The molecule has 0 saturated heterocycles. The van der Waals surface area contributed by atoms with E-state index < -0.39 is 0 Å². The monoisotopic (exact) mass is 358 g/mol. The smallest absolute Gasteiger partial charge is 0.302 e. The standard InChI is InChI=1S/C21H26O5/c1-15(22)26-19(12-8-16-6-10-18(23)11-7-16)5-3-2-4-17-9-13-20(24)21(25)14-17/h6-7,9-11,13-14,19,23-25H,2-5,8,12H2,1H3. The van der Waals surface area contributed by atoms with Crippen molar-refractivity contribution in [2.75, 3.05) is 0 Å². The van der Waals surface area contributed by atoms with Crippen molar-refractivity contribution in [2.24, 2.45) is 0 Å². The van der Waals surface area contributed by atoms with Gasteiger partial charge < -0.3 is 20.1 Å². The van der Waals surface area contributed by atoms with Crippen molar-refractivity contribution in [1.82, 2.24) is 0 Å². The number of hydrogen-bond acceptors (Lipinski definition) is 5. The topological polar surface area (TPSA) is 87.0 Å². The predicted octanol–water partition coefficient (Wildman–Crippen LogP) is 4.08. The Balaban J connectivity index is 1.78. The second-order valence-electron chi connectivity index (χ2n) is 6.51. The lowest BCUT2D eigenvalue weighted by Crippen LogP contribution is -2.17. The summed E-state index contributed by atoms with van der Waals surface area (Å²) in [7, 11) is 0. The number of hydrogen-bond donors (Lipinski definition) is 3. The summed E-state index contributed by atoms with van der Waals surface area (Å²) in [6.07, 6.45) is 4.76. The molecule has 0 aromatic heterocycles. The molecular weight excluding hydrogens is 332 g/mol. The molecule has 0 aliphatic rings. The van der Waals surface area contributed by atoms with E-state index in [4.69, 9.17) is 4.74 Å². The molecule has 1 atom stereocenters. The van der Waals surface area contributed by atoms with E-state index in [0.717, 1.165) is 49.7 Å². The molecule has 0 aliphatic heterocycles. The summed E-state index contributed by atoms with van der Waals surface area (Å²) in [5.74, 6) is -0.248. The number of phenols is 3. The fraction of sp³-hybridized carbons (Fsp3) is 0.381. The molecule has 0 spiro atoms. The third-order valence-electron chi connectivity index (χ3n) is 4.31. The van der Waals surface area contributed by atoms with Crippen LogP contribution in [-0.2, 0) is 22.4 Å². The Kier molecular flexibility index (Phi) is 7.33. The molecule has 2 aromatic rings. The molecule has 5 nitrogen and oxygen atoms in total. The lowest BCUT2D eigenvalue weighted by molar-refractivity contribution is -0.147. The molecule has 0 fully saturated rings. The second-order valence-corrected chi connectivity index (χ2v) is 6.51. The molecule has 0 saturated carbocycles. The van der Waals surface area contributed by atoms with Gasteiger partial charge in [-0.25, -0.2) is 0 Å². The van der Waals surface area contributed by atoms with Crippen LogP contribution in [0, 0.1) is 0 Å². The van der Waals surface area contributed by atoms with Crippen molar-refractivity contribution in [2.45, 2.75) is 51.6 Å². The third-order valence-corrected chi connectivity index (χ3v) is 4.31. The van der Waals surface area contributed by atoms with E-state index in [0.29, 0.717) is 0 Å². The largest absolute Gasteiger partial charge is 0.508 e. The van der Waals surface area contributed by atoms with Crippen LogP contribution >= 0.6 is 0 Å². The van der Waals surface area contributed by atoms with E-state index in [1.807, 2.05) is 12.1 Å². The van der Waals surface area contributed by atoms with Gasteiger partial charge in [0, 0.05) is 6.92 Å². The van der Waals surface area contributed by atoms with Crippen LogP contribution in [0.3, 0.4) is 0 Å². The number of phenolic OH excluding ortho intramolecular Hbond substituents is 3. The first kappa shape index (κ1) is 19.6. The minimum Gasteiger partial charge on any atom is -0.508 e. The molecule has 26 heavy (non-hydrogen) atoms. The number of unbranched alkanes of at least 4 members (excludes halogenated alkanes) is 1. The molecule has 1 unspecified atom stereocenters. The van der Waals surface area contributed by atoms with Gasteiger partial charge in [0.2, 0.25) is 0 Å². The van der Waals surface area contributed by atoms with Gasteiger partial charge >= 0.3 is 5.97 Å². The first-order chi connectivity index (χ1) is 12.4. The number of aromatic hydroxyl groups is 3. The molecule has 2 rings (SSSR count). The van der Waals surface area contributed by atoms with Gasteiger partial charge in [-0.05, 0) is 73.9 Å². The molecule has 140 valence electrons. The van der Waals surface area contributed by atoms with Crippen molar-refractivity contribution >= 4 is 5.97 Å². The highest BCUT2D eigenvalue weighted by molar-refractivity contribution is 5.66. The molecule has 0 bridgehead atoms. The Morgan fingerprint density at radius 1 is 0.885 bits per heavy atom. The van der Waals surface area contributed by atoms with Crippen LogP contribution in [0.15, 0.2) is 42.5 Å². The predicted molar refractivity (Wildman–Crippen MR) is 99.3 cm³/mol. The lowest BCUT2D eigenvalue weighted by Gasteiger charge is -2.17. The zero-order chi connectivity index (χ0) is 18.9.